The molecule has 2 aromatic heterocycles. The molecule has 224 valence electrons. The van der Waals surface area contributed by atoms with Gasteiger partial charge in [-0.15, -0.1) is 0 Å². The van der Waals surface area contributed by atoms with Gasteiger partial charge in [-0.2, -0.15) is 4.98 Å². The number of ether oxygens (including phenoxy) is 1. The number of aromatic nitrogens is 4. The van der Waals surface area contributed by atoms with Crippen molar-refractivity contribution in [1.29, 1.82) is 0 Å². The fourth-order valence-corrected chi connectivity index (χ4v) is 5.63. The Morgan fingerprint density at radius 3 is 2.29 bits per heavy atom. The van der Waals surface area contributed by atoms with E-state index in [1.54, 1.807) is 11.1 Å². The number of methoxy groups -OCH3 is 1. The smallest absolute Gasteiger partial charge is 0.329 e. The van der Waals surface area contributed by atoms with Gasteiger partial charge in [0.2, 0.25) is 16.4 Å². The number of carbonyl (C=O) groups excluding carboxylic acids is 2. The van der Waals surface area contributed by atoms with Crippen molar-refractivity contribution in [2.45, 2.75) is 95.8 Å². The molecule has 2 aromatic rings. The molecule has 0 bridgehead atoms. The number of nitro groups is 1. The van der Waals surface area contributed by atoms with Crippen LogP contribution in [-0.4, -0.2) is 67.9 Å². The predicted octanol–water partition coefficient (Wildman–Crippen LogP) is 4.74. The van der Waals surface area contributed by atoms with E-state index in [1.807, 2.05) is 6.92 Å². The van der Waals surface area contributed by atoms with Gasteiger partial charge in [-0.3, -0.25) is 14.9 Å². The zero-order valence-corrected chi connectivity index (χ0v) is 25.7. The van der Waals surface area contributed by atoms with E-state index in [2.05, 4.69) is 31.8 Å². The summed E-state index contributed by atoms with van der Waals surface area (Å²) in [7, 11) is 1.30. The quantitative estimate of drug-likeness (QED) is 0.129. The molecule has 0 spiro atoms. The molecule has 12 nitrogen and oxygen atoms in total. The number of Topliss-reactive ketones (excluding diaryl/α,β-unsaturated/α-hetero) is 1. The number of hydrogen-bond acceptors (Lipinski definition) is 11. The van der Waals surface area contributed by atoms with E-state index < -0.39 is 16.9 Å². The van der Waals surface area contributed by atoms with Gasteiger partial charge in [-0.1, -0.05) is 13.8 Å². The molecule has 0 amide bonds. The van der Waals surface area contributed by atoms with E-state index in [0.717, 1.165) is 56.1 Å². The summed E-state index contributed by atoms with van der Waals surface area (Å²) in [5.74, 6) is 0.791. The second-order valence-corrected chi connectivity index (χ2v) is 10.8. The summed E-state index contributed by atoms with van der Waals surface area (Å²) in [4.78, 5) is 54.8. The molecule has 1 aliphatic heterocycles. The molecule has 2 aliphatic carbocycles. The van der Waals surface area contributed by atoms with Crippen LogP contribution in [0.15, 0.2) is 12.4 Å². The molecule has 2 fully saturated rings. The molecule has 0 unspecified atom stereocenters. The molecule has 2 atom stereocenters. The maximum atomic E-state index is 12.2. The zero-order valence-electron chi connectivity index (χ0n) is 23.1. The standard InChI is InChI=1S/C13H17ClN4O4.C13H16ClN3O.Fe/c1-3-9(12(19)22-2)17(8-5-4-6-8)11-10(18(20)21)7-15-13(14)16-11;1-2-10-11(18)6-8-7-15-13(14)16-12(8)17(10)9-4-3-5-9;/h7-9H,3-6H2,1-2H3;7,9-10H,2-6H2,1H3;/t9-;10-;/m11./s1. The maximum Gasteiger partial charge on any atom is 0.329 e. The fourth-order valence-electron chi connectivity index (χ4n) is 5.37. The molecular weight excluding hydrogens is 617 g/mol. The van der Waals surface area contributed by atoms with Crippen LogP contribution in [0.2, 0.25) is 10.6 Å². The summed E-state index contributed by atoms with van der Waals surface area (Å²) in [5, 5.41) is 11.4. The third kappa shape index (κ3) is 7.07. The Kier molecular flexibility index (Phi) is 11.7. The Morgan fingerprint density at radius 1 is 1.15 bits per heavy atom. The first-order valence-electron chi connectivity index (χ1n) is 13.6. The predicted molar refractivity (Wildman–Crippen MR) is 150 cm³/mol. The number of ketones is 1. The molecule has 0 N–H and O–H groups in total. The topological polar surface area (TPSA) is 145 Å². The maximum absolute atomic E-state index is 12.2. The summed E-state index contributed by atoms with van der Waals surface area (Å²) in [6.07, 6.45) is 10.7. The Labute approximate surface area is 259 Å². The van der Waals surface area contributed by atoms with Crippen molar-refractivity contribution in [1.82, 2.24) is 19.9 Å². The van der Waals surface area contributed by atoms with Crippen LogP contribution < -0.4 is 9.80 Å². The number of nitrogens with zero attached hydrogens (tertiary/aromatic N) is 7. The van der Waals surface area contributed by atoms with Gasteiger partial charge >= 0.3 is 11.7 Å². The molecule has 15 heteroatoms. The molecular formula is C26H33Cl2FeN7O5. The van der Waals surface area contributed by atoms with Crippen LogP contribution in [0.3, 0.4) is 0 Å². The van der Waals surface area contributed by atoms with Gasteiger partial charge in [0.1, 0.15) is 18.1 Å². The minimum atomic E-state index is -0.639. The minimum Gasteiger partial charge on any atom is -0.467 e. The Morgan fingerprint density at radius 2 is 1.78 bits per heavy atom. The van der Waals surface area contributed by atoms with Crippen molar-refractivity contribution < 1.29 is 36.3 Å². The van der Waals surface area contributed by atoms with Gasteiger partial charge in [0.05, 0.1) is 18.1 Å². The molecule has 3 aliphatic rings. The van der Waals surface area contributed by atoms with Crippen molar-refractivity contribution in [2.75, 3.05) is 16.9 Å². The fraction of sp³-hybridized carbons (Fsp3) is 0.615. The van der Waals surface area contributed by atoms with Crippen molar-refractivity contribution >= 4 is 52.3 Å². The molecule has 2 saturated carbocycles. The van der Waals surface area contributed by atoms with Crippen molar-refractivity contribution in [3.63, 3.8) is 0 Å². The number of halogens is 2. The van der Waals surface area contributed by atoms with Crippen LogP contribution in [0.25, 0.3) is 0 Å². The van der Waals surface area contributed by atoms with Crippen LogP contribution >= 0.6 is 23.2 Å². The number of fused-ring (bicyclic) bond motifs is 1. The number of rotatable bonds is 8. The Hall–Kier alpha value is -2.60. The van der Waals surface area contributed by atoms with Crippen molar-refractivity contribution in [3.05, 3.63) is 38.6 Å². The summed E-state index contributed by atoms with van der Waals surface area (Å²) in [5.41, 5.74) is 0.652. The first-order valence-corrected chi connectivity index (χ1v) is 14.3. The summed E-state index contributed by atoms with van der Waals surface area (Å²) < 4.78 is 4.83. The third-order valence-corrected chi connectivity index (χ3v) is 8.17. The number of carbonyl (C=O) groups is 2. The van der Waals surface area contributed by atoms with Gasteiger partial charge < -0.3 is 14.5 Å². The Balaban J connectivity index is 0.000000224. The summed E-state index contributed by atoms with van der Waals surface area (Å²) >= 11 is 11.7. The normalized spacial score (nSPS) is 18.9. The van der Waals surface area contributed by atoms with Gasteiger partial charge in [-0.05, 0) is 74.6 Å². The van der Waals surface area contributed by atoms with Crippen LogP contribution in [-0.2, 0) is 37.8 Å². The molecule has 0 aromatic carbocycles. The average molecular weight is 650 g/mol. The summed E-state index contributed by atoms with van der Waals surface area (Å²) in [6.45, 7) is 3.88. The van der Waals surface area contributed by atoms with E-state index in [-0.39, 0.29) is 57.0 Å². The van der Waals surface area contributed by atoms with Crippen LogP contribution in [0.4, 0.5) is 17.3 Å². The average Bonchev–Trinajstić information content (AvgIpc) is 2.87. The largest absolute Gasteiger partial charge is 0.467 e. The van der Waals surface area contributed by atoms with E-state index in [0.29, 0.717) is 18.9 Å². The van der Waals surface area contributed by atoms with Gasteiger partial charge in [0.15, 0.2) is 5.78 Å². The Bertz CT molecular complexity index is 1260. The summed E-state index contributed by atoms with van der Waals surface area (Å²) in [6, 6.07) is -0.216. The van der Waals surface area contributed by atoms with Gasteiger partial charge in [0, 0.05) is 47.3 Å². The van der Waals surface area contributed by atoms with Crippen LogP contribution in [0.5, 0.6) is 0 Å². The van der Waals surface area contributed by atoms with E-state index in [4.69, 9.17) is 27.9 Å². The van der Waals surface area contributed by atoms with E-state index in [1.165, 1.54) is 13.5 Å². The minimum absolute atomic E-state index is 0. The van der Waals surface area contributed by atoms with E-state index in [9.17, 15) is 19.7 Å². The van der Waals surface area contributed by atoms with Crippen LogP contribution in [0.1, 0.15) is 70.8 Å². The van der Waals surface area contributed by atoms with E-state index >= 15 is 0 Å². The number of anilines is 2. The number of esters is 1. The van der Waals surface area contributed by atoms with Gasteiger partial charge in [-0.25, -0.2) is 19.7 Å². The first kappa shape index (κ1) is 32.9. The van der Waals surface area contributed by atoms with Gasteiger partial charge in [0.25, 0.3) is 0 Å². The SMILES string of the molecule is CC[C@@H]1C(=O)Cc2cnc(Cl)nc2N1C1CCC1.CC[C@H](C(=O)OC)N(c1nc(Cl)ncc1[N+](=O)[O-])C1CCC1.[Fe]. The zero-order chi connectivity index (χ0) is 29.0. The molecule has 41 heavy (non-hydrogen) atoms. The molecule has 0 saturated heterocycles. The monoisotopic (exact) mass is 649 g/mol. The molecule has 3 heterocycles. The molecule has 5 rings (SSSR count). The molecule has 0 radical (unpaired) electrons. The first-order chi connectivity index (χ1) is 19.2. The number of hydrogen-bond donors (Lipinski definition) is 0. The van der Waals surface area contributed by atoms with Crippen LogP contribution in [0, 0.1) is 10.1 Å². The second-order valence-electron chi connectivity index (χ2n) is 10.1. The van der Waals surface area contributed by atoms with Crippen molar-refractivity contribution in [2.24, 2.45) is 0 Å². The third-order valence-electron chi connectivity index (χ3n) is 7.81. The van der Waals surface area contributed by atoms with Crippen molar-refractivity contribution in [3.8, 4) is 0 Å². The second kappa shape index (κ2) is 14.5.